The molecule has 6 nitrogen and oxygen atoms in total. The summed E-state index contributed by atoms with van der Waals surface area (Å²) in [6, 6.07) is 6.35. The molecule has 1 aliphatic heterocycles. The molecular weight excluding hydrogens is 578 g/mol. The van der Waals surface area contributed by atoms with Gasteiger partial charge in [-0.3, -0.25) is 19.8 Å². The number of likely N-dealkylation sites (tertiary alicyclic amines) is 1. The van der Waals surface area contributed by atoms with E-state index in [4.69, 9.17) is 0 Å². The minimum absolute atomic E-state index is 0.149. The van der Waals surface area contributed by atoms with Crippen LogP contribution in [-0.2, 0) is 12.8 Å². The molecule has 1 aliphatic rings. The van der Waals surface area contributed by atoms with Gasteiger partial charge in [-0.05, 0) is 61.8 Å². The molecule has 0 N–H and O–H groups in total. The summed E-state index contributed by atoms with van der Waals surface area (Å²) >= 11 is 6.87. The quantitative estimate of drug-likeness (QED) is 0.239. The topological polar surface area (TPSA) is 71.3 Å². The van der Waals surface area contributed by atoms with Crippen LogP contribution in [-0.4, -0.2) is 51.3 Å². The number of amides is 1. The van der Waals surface area contributed by atoms with Gasteiger partial charge in [-0.2, -0.15) is 0 Å². The van der Waals surface area contributed by atoms with Crippen molar-refractivity contribution in [1.82, 2.24) is 19.9 Å². The highest BCUT2D eigenvalue weighted by molar-refractivity contribution is 9.10. The second-order valence-corrected chi connectivity index (χ2v) is 10.3. The molecule has 0 spiro atoms. The van der Waals surface area contributed by atoms with Gasteiger partial charge in [0.1, 0.15) is 0 Å². The summed E-state index contributed by atoms with van der Waals surface area (Å²) in [6.07, 6.45) is 16.6. The van der Waals surface area contributed by atoms with Crippen molar-refractivity contribution in [3.8, 4) is 0 Å². The maximum Gasteiger partial charge on any atom is 0.254 e. The number of nitrogens with zero attached hydrogens (tertiary/aromatic N) is 5. The Morgan fingerprint density at radius 2 is 1.97 bits per heavy atom. The Morgan fingerprint density at radius 1 is 1.26 bits per heavy atom. The van der Waals surface area contributed by atoms with Gasteiger partial charge < -0.3 is 4.90 Å². The molecule has 1 unspecified atom stereocenters. The van der Waals surface area contributed by atoms with Gasteiger partial charge in [0.15, 0.2) is 0 Å². The van der Waals surface area contributed by atoms with E-state index in [1.54, 1.807) is 54.1 Å². The molecule has 0 aliphatic carbocycles. The fraction of sp³-hybridized carbons (Fsp3) is 0.414. The van der Waals surface area contributed by atoms with E-state index in [0.29, 0.717) is 0 Å². The number of carbonyl (C=O) groups excluding carboxylic acids is 1. The summed E-state index contributed by atoms with van der Waals surface area (Å²) in [6.45, 7) is 10.3. The zero-order valence-electron chi connectivity index (χ0n) is 22.9. The molecule has 1 fully saturated rings. The SMILES string of the molecule is C=N/C=C\SC.CC.CCCCc1ccc(C(=O)N2CCCC2Cc2cscn2)cc1Br.c1cnccn1. The van der Waals surface area contributed by atoms with E-state index >= 15 is 0 Å². The van der Waals surface area contributed by atoms with Crippen LogP contribution in [0.4, 0.5) is 0 Å². The molecular formula is C29H40BrN5OS2. The normalized spacial score (nSPS) is 13.9. The highest BCUT2D eigenvalue weighted by atomic mass is 79.9. The van der Waals surface area contributed by atoms with Gasteiger partial charge in [0.25, 0.3) is 5.91 Å². The van der Waals surface area contributed by atoms with Crippen LogP contribution in [0.2, 0.25) is 0 Å². The minimum Gasteiger partial charge on any atom is -0.335 e. The predicted molar refractivity (Wildman–Crippen MR) is 168 cm³/mol. The first kappa shape index (κ1) is 33.7. The Balaban J connectivity index is 0.000000423. The monoisotopic (exact) mass is 617 g/mol. The molecule has 206 valence electrons. The fourth-order valence-corrected chi connectivity index (χ4v) is 5.02. The number of carbonyl (C=O) groups is 1. The third kappa shape index (κ3) is 12.9. The van der Waals surface area contributed by atoms with E-state index < -0.39 is 0 Å². The van der Waals surface area contributed by atoms with Crippen molar-refractivity contribution in [2.75, 3.05) is 12.8 Å². The standard InChI is InChI=1S/C19H23BrN2OS.C4H4N2.C4H7NS.C2H6/c1-2-3-5-14-7-8-15(10-18(14)20)19(23)22-9-4-6-17(22)11-16-12-24-13-21-16;1-2-6-4-3-5-1;1-5-3-4-6-2;1-2/h7-8,10,12-13,17H,2-6,9,11H2,1H3;1-4H;3-4H,1H2,2H3;1-2H3/b;;4-3-;. The predicted octanol–water partition coefficient (Wildman–Crippen LogP) is 8.12. The number of aromatic nitrogens is 3. The number of halogens is 1. The highest BCUT2D eigenvalue weighted by Gasteiger charge is 2.30. The second-order valence-electron chi connectivity index (χ2n) is 7.99. The summed E-state index contributed by atoms with van der Waals surface area (Å²) < 4.78 is 1.05. The smallest absolute Gasteiger partial charge is 0.254 e. The third-order valence-corrected chi connectivity index (χ3v) is 7.21. The first-order valence-electron chi connectivity index (χ1n) is 12.9. The largest absolute Gasteiger partial charge is 0.335 e. The van der Waals surface area contributed by atoms with Crippen LogP contribution in [0.1, 0.15) is 68.1 Å². The van der Waals surface area contributed by atoms with Crippen LogP contribution in [0.15, 0.2) is 75.0 Å². The summed E-state index contributed by atoms with van der Waals surface area (Å²) in [4.78, 5) is 30.3. The Labute approximate surface area is 245 Å². The zero-order valence-corrected chi connectivity index (χ0v) is 26.1. The Hall–Kier alpha value is -2.36. The Morgan fingerprint density at radius 3 is 2.47 bits per heavy atom. The number of hydrogen-bond donors (Lipinski definition) is 0. The van der Waals surface area contributed by atoms with Crippen molar-refractivity contribution in [3.05, 3.63) is 86.8 Å². The van der Waals surface area contributed by atoms with Crippen molar-refractivity contribution in [2.45, 2.75) is 65.3 Å². The van der Waals surface area contributed by atoms with Crippen molar-refractivity contribution in [3.63, 3.8) is 0 Å². The highest BCUT2D eigenvalue weighted by Crippen LogP contribution is 2.26. The number of benzene rings is 1. The number of aryl methyl sites for hydroxylation is 1. The molecule has 3 heterocycles. The van der Waals surface area contributed by atoms with Gasteiger partial charge in [-0.15, -0.1) is 23.1 Å². The molecule has 1 amide bonds. The van der Waals surface area contributed by atoms with E-state index in [2.05, 4.69) is 61.0 Å². The van der Waals surface area contributed by atoms with Crippen LogP contribution in [0, 0.1) is 0 Å². The molecule has 0 saturated carbocycles. The van der Waals surface area contributed by atoms with E-state index in [1.165, 1.54) is 18.4 Å². The summed E-state index contributed by atoms with van der Waals surface area (Å²) in [5, 5.41) is 3.95. The molecule has 1 saturated heterocycles. The molecule has 38 heavy (non-hydrogen) atoms. The molecule has 4 rings (SSSR count). The second kappa shape index (κ2) is 21.6. The van der Waals surface area contributed by atoms with Gasteiger partial charge in [-0.25, -0.2) is 4.98 Å². The average Bonchev–Trinajstić information content (AvgIpc) is 3.66. The first-order chi connectivity index (χ1) is 18.6. The Kier molecular flexibility index (Phi) is 19.1. The maximum atomic E-state index is 13.0. The minimum atomic E-state index is 0.149. The van der Waals surface area contributed by atoms with Crippen molar-refractivity contribution in [1.29, 1.82) is 0 Å². The lowest BCUT2D eigenvalue weighted by Gasteiger charge is -2.24. The number of unbranched alkanes of at least 4 members (excludes halogenated alkanes) is 1. The van der Waals surface area contributed by atoms with E-state index in [0.717, 1.165) is 48.0 Å². The van der Waals surface area contributed by atoms with Gasteiger partial charge >= 0.3 is 0 Å². The summed E-state index contributed by atoms with van der Waals surface area (Å²) in [5.74, 6) is 0.149. The van der Waals surface area contributed by atoms with Gasteiger partial charge in [-0.1, -0.05) is 49.2 Å². The van der Waals surface area contributed by atoms with Crippen molar-refractivity contribution in [2.24, 2.45) is 4.99 Å². The molecule has 1 atom stereocenters. The first-order valence-corrected chi connectivity index (χ1v) is 15.9. The fourth-order valence-electron chi connectivity index (χ4n) is 3.67. The Bertz CT molecular complexity index is 1020. The molecule has 3 aromatic rings. The van der Waals surface area contributed by atoms with Crippen LogP contribution < -0.4 is 0 Å². The zero-order chi connectivity index (χ0) is 28.0. The van der Waals surface area contributed by atoms with Gasteiger partial charge in [0.2, 0.25) is 0 Å². The number of thioether (sulfide) groups is 1. The van der Waals surface area contributed by atoms with Crippen LogP contribution in [0.3, 0.4) is 0 Å². The van der Waals surface area contributed by atoms with E-state index in [9.17, 15) is 4.79 Å². The molecule has 1 aromatic carbocycles. The van der Waals surface area contributed by atoms with E-state index in [-0.39, 0.29) is 11.9 Å². The van der Waals surface area contributed by atoms with Crippen molar-refractivity contribution >= 4 is 51.7 Å². The molecule has 9 heteroatoms. The van der Waals surface area contributed by atoms with Gasteiger partial charge in [0, 0.05) is 65.4 Å². The molecule has 2 aromatic heterocycles. The summed E-state index contributed by atoms with van der Waals surface area (Å²) in [7, 11) is 0. The van der Waals surface area contributed by atoms with Crippen LogP contribution >= 0.6 is 39.0 Å². The summed E-state index contributed by atoms with van der Waals surface area (Å²) in [5.41, 5.74) is 5.03. The lowest BCUT2D eigenvalue weighted by atomic mass is 10.0. The van der Waals surface area contributed by atoms with E-state index in [1.807, 2.05) is 48.1 Å². The van der Waals surface area contributed by atoms with Crippen LogP contribution in [0.25, 0.3) is 0 Å². The lowest BCUT2D eigenvalue weighted by molar-refractivity contribution is 0.0736. The number of thiazole rings is 1. The maximum absolute atomic E-state index is 13.0. The number of aliphatic imine (C=N–C) groups is 1. The van der Waals surface area contributed by atoms with Gasteiger partial charge in [0.05, 0.1) is 11.2 Å². The average molecular weight is 619 g/mol. The third-order valence-electron chi connectivity index (χ3n) is 5.45. The lowest BCUT2D eigenvalue weighted by Crippen LogP contribution is -2.36. The number of rotatable bonds is 8. The number of hydrogen-bond acceptors (Lipinski definition) is 7. The van der Waals surface area contributed by atoms with Crippen molar-refractivity contribution < 1.29 is 4.79 Å². The van der Waals surface area contributed by atoms with Crippen LogP contribution in [0.5, 0.6) is 0 Å². The molecule has 0 bridgehead atoms. The molecule has 0 radical (unpaired) electrons.